The van der Waals surface area contributed by atoms with Gasteiger partial charge in [-0.3, -0.25) is 19.3 Å². The second-order valence-corrected chi connectivity index (χ2v) is 12.3. The van der Waals surface area contributed by atoms with E-state index >= 15 is 0 Å². The number of primary amides is 1. The predicted molar refractivity (Wildman–Crippen MR) is 166 cm³/mol. The number of rotatable bonds is 5. The fourth-order valence-corrected chi connectivity index (χ4v) is 6.66. The summed E-state index contributed by atoms with van der Waals surface area (Å²) in [5.41, 5.74) is 5.56. The lowest BCUT2D eigenvalue weighted by molar-refractivity contribution is -0.138. The monoisotopic (exact) mass is 646 g/mol. The van der Waals surface area contributed by atoms with Gasteiger partial charge in [0.05, 0.1) is 29.8 Å². The number of aryl methyl sites for hydroxylation is 1. The molecule has 6 rings (SSSR count). The van der Waals surface area contributed by atoms with E-state index < -0.39 is 53.0 Å². The van der Waals surface area contributed by atoms with Crippen LogP contribution in [0.15, 0.2) is 42.5 Å². The molecule has 3 aliphatic rings. The number of carbonyl (C=O) groups excluding carboxylic acids is 4. The molecule has 5 unspecified atom stereocenters. The van der Waals surface area contributed by atoms with Gasteiger partial charge in [0, 0.05) is 29.7 Å². The highest BCUT2D eigenvalue weighted by atomic mass is 19.1. The van der Waals surface area contributed by atoms with Gasteiger partial charge in [0.15, 0.2) is 5.82 Å². The highest BCUT2D eigenvalue weighted by Crippen LogP contribution is 2.45. The van der Waals surface area contributed by atoms with Crippen molar-refractivity contribution in [2.24, 2.45) is 23.5 Å². The van der Waals surface area contributed by atoms with Crippen LogP contribution in [0.25, 0.3) is 22.3 Å². The molecule has 4 amide bonds. The third-order valence-electron chi connectivity index (χ3n) is 9.28. The largest absolute Gasteiger partial charge is 0.496 e. The molecule has 0 saturated heterocycles. The minimum Gasteiger partial charge on any atom is -0.496 e. The van der Waals surface area contributed by atoms with Crippen molar-refractivity contribution < 1.29 is 37.4 Å². The third kappa shape index (κ3) is 6.26. The molecule has 2 saturated carbocycles. The summed E-state index contributed by atoms with van der Waals surface area (Å²) in [6.45, 7) is 1.87. The molecule has 5 atom stereocenters. The molecule has 13 heteroatoms. The van der Waals surface area contributed by atoms with Gasteiger partial charge >= 0.3 is 6.03 Å². The molecule has 2 aromatic carbocycles. The number of urea groups is 1. The minimum atomic E-state index is -1.18. The number of imide groups is 1. The summed E-state index contributed by atoms with van der Waals surface area (Å²) in [7, 11) is 1.50. The Morgan fingerprint density at radius 3 is 2.55 bits per heavy atom. The number of hydrogen-bond acceptors (Lipinski definition) is 8. The van der Waals surface area contributed by atoms with E-state index in [1.807, 2.05) is 18.4 Å². The molecule has 245 valence electrons. The average Bonchev–Trinajstić information content (AvgIpc) is 3.54. The first kappa shape index (κ1) is 32.0. The van der Waals surface area contributed by atoms with Crippen LogP contribution in [0.5, 0.6) is 11.6 Å². The number of aromatic nitrogens is 2. The third-order valence-corrected chi connectivity index (χ3v) is 9.28. The molecule has 11 nitrogen and oxygen atoms in total. The van der Waals surface area contributed by atoms with E-state index in [0.717, 1.165) is 23.1 Å². The van der Waals surface area contributed by atoms with Crippen LogP contribution in [0, 0.1) is 36.3 Å². The Bertz CT molecular complexity index is 1780. The van der Waals surface area contributed by atoms with Crippen molar-refractivity contribution in [1.82, 2.24) is 20.2 Å². The van der Waals surface area contributed by atoms with E-state index in [-0.39, 0.29) is 42.6 Å². The van der Waals surface area contributed by atoms with Crippen molar-refractivity contribution in [3.8, 4) is 23.0 Å². The van der Waals surface area contributed by atoms with Crippen LogP contribution in [-0.2, 0) is 14.4 Å². The maximum absolute atomic E-state index is 14.2. The highest BCUT2D eigenvalue weighted by Gasteiger charge is 2.57. The zero-order valence-corrected chi connectivity index (χ0v) is 25.9. The van der Waals surface area contributed by atoms with Gasteiger partial charge in [-0.2, -0.15) is 4.98 Å². The van der Waals surface area contributed by atoms with Crippen LogP contribution in [0.3, 0.4) is 0 Å². The Balaban J connectivity index is 1.38. The van der Waals surface area contributed by atoms with Gasteiger partial charge in [-0.25, -0.2) is 18.6 Å². The molecule has 0 bridgehead atoms. The van der Waals surface area contributed by atoms with Crippen molar-refractivity contribution >= 4 is 35.0 Å². The van der Waals surface area contributed by atoms with Gasteiger partial charge in [-0.1, -0.05) is 12.2 Å². The fourth-order valence-electron chi connectivity index (χ4n) is 6.66. The van der Waals surface area contributed by atoms with Gasteiger partial charge in [0.1, 0.15) is 29.0 Å². The number of carbonyl (C=O) groups is 3. The molecule has 1 radical (unpaired) electrons. The Kier molecular flexibility index (Phi) is 8.64. The number of methoxy groups -OCH3 is 1. The predicted octanol–water partition coefficient (Wildman–Crippen LogP) is 4.30. The first-order chi connectivity index (χ1) is 22.5. The van der Waals surface area contributed by atoms with E-state index in [1.54, 1.807) is 19.1 Å². The number of fused-ring (bicyclic) bond motifs is 3. The Hall–Kier alpha value is -4.94. The van der Waals surface area contributed by atoms with E-state index in [4.69, 9.17) is 15.2 Å². The second kappa shape index (κ2) is 12.7. The maximum Gasteiger partial charge on any atom is 0.321 e. The maximum atomic E-state index is 14.2. The number of nitrogens with one attached hydrogen (secondary N) is 1. The van der Waals surface area contributed by atoms with Gasteiger partial charge in [-0.15, -0.1) is 0 Å². The number of halogens is 2. The zero-order chi connectivity index (χ0) is 33.5. The summed E-state index contributed by atoms with van der Waals surface area (Å²) in [5.74, 6) is -4.32. The average molecular weight is 647 g/mol. The Labute approximate surface area is 269 Å². The molecular formula is C34H34F2N5O6. The molecule has 1 aromatic heterocycles. The summed E-state index contributed by atoms with van der Waals surface area (Å²) < 4.78 is 40.3. The first-order valence-corrected chi connectivity index (χ1v) is 15.5. The molecular weight excluding hydrogens is 612 g/mol. The number of nitrogens with zero attached hydrogens (tertiary/aromatic N) is 3. The lowest BCUT2D eigenvalue weighted by Gasteiger charge is -2.26. The van der Waals surface area contributed by atoms with Crippen LogP contribution < -0.4 is 20.5 Å². The lowest BCUT2D eigenvalue weighted by atomic mass is 9.93. The van der Waals surface area contributed by atoms with Gasteiger partial charge in [0.25, 0.3) is 0 Å². The van der Waals surface area contributed by atoms with Crippen molar-refractivity contribution in [3.63, 3.8) is 0 Å². The Morgan fingerprint density at radius 1 is 1.11 bits per heavy atom. The molecule has 3 aromatic rings. The van der Waals surface area contributed by atoms with E-state index in [0.29, 0.717) is 47.9 Å². The summed E-state index contributed by atoms with van der Waals surface area (Å²) in [5, 5.41) is 3.29. The molecule has 2 fully saturated rings. The molecule has 47 heavy (non-hydrogen) atoms. The van der Waals surface area contributed by atoms with Gasteiger partial charge < -0.3 is 20.5 Å². The summed E-state index contributed by atoms with van der Waals surface area (Å²) >= 11 is 0. The van der Waals surface area contributed by atoms with Crippen molar-refractivity contribution in [2.75, 3.05) is 13.7 Å². The van der Waals surface area contributed by atoms with Crippen molar-refractivity contribution in [3.05, 3.63) is 59.7 Å². The second-order valence-electron chi connectivity index (χ2n) is 12.3. The molecule has 0 spiro atoms. The van der Waals surface area contributed by atoms with Crippen LogP contribution in [0.4, 0.5) is 13.6 Å². The van der Waals surface area contributed by atoms with E-state index in [2.05, 4.69) is 15.3 Å². The van der Waals surface area contributed by atoms with Crippen LogP contribution >= 0.6 is 0 Å². The van der Waals surface area contributed by atoms with Crippen molar-refractivity contribution in [2.45, 2.75) is 57.1 Å². The number of allylic oxidation sites excluding steroid dienone is 1. The molecule has 2 aliphatic carbocycles. The summed E-state index contributed by atoms with van der Waals surface area (Å²) in [4.78, 5) is 62.1. The molecule has 3 N–H and O–H groups in total. The van der Waals surface area contributed by atoms with Crippen molar-refractivity contribution in [1.29, 1.82) is 0 Å². The lowest BCUT2D eigenvalue weighted by Crippen LogP contribution is -2.49. The van der Waals surface area contributed by atoms with Gasteiger partial charge in [0.2, 0.25) is 24.0 Å². The van der Waals surface area contributed by atoms with E-state index in [1.165, 1.54) is 7.11 Å². The molecule has 2 heterocycles. The van der Waals surface area contributed by atoms with Gasteiger partial charge in [-0.05, 0) is 69.7 Å². The minimum absolute atomic E-state index is 0.0103. The molecule has 1 aliphatic heterocycles. The number of amides is 4. The number of benzene rings is 2. The topological polar surface area (TPSA) is 154 Å². The smallest absolute Gasteiger partial charge is 0.321 e. The standard InChI is InChI=1S/C34H34F2N5O6/c1-18-27(46-2)9-8-24-28(18)38-29(19-11-21(35)13-22(36)12-19)39-31(24)47-23-14-25-26(15-23)32(44)41(33(37)45)10-6-4-3-5-7-20-16-34(20,17-42)40-30(25)43/h5,7-9,11-13,20,23,25-26H,3-4,6,10,14-16H2,1-2H3,(H2,37,45)(H,40,43)/b7-5+. The number of hydrogen-bond donors (Lipinski definition) is 2. The Morgan fingerprint density at radius 2 is 1.85 bits per heavy atom. The number of nitrogens with two attached hydrogens (primary N) is 1. The van der Waals surface area contributed by atoms with Crippen LogP contribution in [-0.4, -0.2) is 64.3 Å². The zero-order valence-electron chi connectivity index (χ0n) is 25.9. The summed E-state index contributed by atoms with van der Waals surface area (Å²) in [6, 6.07) is 5.42. The number of ether oxygens (including phenoxy) is 2. The summed E-state index contributed by atoms with van der Waals surface area (Å²) in [6.07, 6.45) is 7.40. The SMILES string of the molecule is COc1ccc2c(OC3CC4C(=O)NC5([C]=O)CC5/C=C/CCCCN(C(N)=O)C(=O)C4C3)nc(-c3cc(F)cc(F)c3)nc2c1C. The highest BCUT2D eigenvalue weighted by molar-refractivity contribution is 5.98. The van der Waals surface area contributed by atoms with E-state index in [9.17, 15) is 28.0 Å². The normalized spacial score (nSPS) is 26.9. The van der Waals surface area contributed by atoms with Crippen LogP contribution in [0.2, 0.25) is 0 Å². The van der Waals surface area contributed by atoms with Crippen LogP contribution in [0.1, 0.15) is 44.1 Å². The quantitative estimate of drug-likeness (QED) is 0.389. The fraction of sp³-hybridized carbons (Fsp3) is 0.412. The first-order valence-electron chi connectivity index (χ1n) is 15.5.